The maximum Gasteiger partial charge on any atom is 0.270 e. The van der Waals surface area contributed by atoms with Crippen LogP contribution in [0.5, 0.6) is 0 Å². The summed E-state index contributed by atoms with van der Waals surface area (Å²) in [6.45, 7) is 7.38. The van der Waals surface area contributed by atoms with Crippen LogP contribution in [0.3, 0.4) is 0 Å². The molecule has 2 atom stereocenters. The first-order valence-electron chi connectivity index (χ1n) is 9.90. The monoisotopic (exact) mass is 396 g/mol. The molecule has 0 radical (unpaired) electrons. The summed E-state index contributed by atoms with van der Waals surface area (Å²) < 4.78 is 0. The molecule has 0 aliphatic carbocycles. The molecule has 3 aromatic rings. The van der Waals surface area contributed by atoms with Gasteiger partial charge in [0.05, 0.1) is 23.9 Å². The third kappa shape index (κ3) is 4.56. The van der Waals surface area contributed by atoms with Crippen LogP contribution in [-0.2, 0) is 4.79 Å². The molecule has 2 amide bonds. The molecular formula is C22H28N4O3. The summed E-state index contributed by atoms with van der Waals surface area (Å²) in [5.41, 5.74) is 2.87. The van der Waals surface area contributed by atoms with E-state index in [0.29, 0.717) is 12.3 Å². The second kappa shape index (κ2) is 8.61. The number of pyridine rings is 1. The molecule has 2 aromatic heterocycles. The lowest BCUT2D eigenvalue weighted by Crippen LogP contribution is -2.49. The van der Waals surface area contributed by atoms with E-state index in [-0.39, 0.29) is 24.2 Å². The summed E-state index contributed by atoms with van der Waals surface area (Å²) >= 11 is 0. The molecule has 0 saturated carbocycles. The van der Waals surface area contributed by atoms with Crippen molar-refractivity contribution in [3.05, 3.63) is 41.7 Å². The maximum atomic E-state index is 12.7. The number of fused-ring (bicyclic) bond motifs is 3. The van der Waals surface area contributed by atoms with E-state index in [0.717, 1.165) is 27.5 Å². The molecule has 0 fully saturated rings. The quantitative estimate of drug-likeness (QED) is 0.492. The van der Waals surface area contributed by atoms with E-state index in [1.807, 2.05) is 45.0 Å². The van der Waals surface area contributed by atoms with Gasteiger partial charge in [0, 0.05) is 16.3 Å². The van der Waals surface area contributed by atoms with E-state index >= 15 is 0 Å². The zero-order valence-corrected chi connectivity index (χ0v) is 17.2. The maximum absolute atomic E-state index is 12.7. The Kier molecular flexibility index (Phi) is 6.17. The summed E-state index contributed by atoms with van der Waals surface area (Å²) in [7, 11) is 0. The molecule has 4 N–H and O–H groups in total. The van der Waals surface area contributed by atoms with E-state index in [2.05, 4.69) is 20.6 Å². The average molecular weight is 396 g/mol. The van der Waals surface area contributed by atoms with Gasteiger partial charge in [-0.1, -0.05) is 32.0 Å². The Bertz CT molecular complexity index is 1040. The number of nitrogens with zero attached hydrogens (tertiary/aromatic N) is 1. The number of benzene rings is 1. The van der Waals surface area contributed by atoms with Crippen molar-refractivity contribution in [2.75, 3.05) is 6.61 Å². The van der Waals surface area contributed by atoms with Crippen molar-refractivity contribution in [3.8, 4) is 0 Å². The first-order chi connectivity index (χ1) is 13.8. The highest BCUT2D eigenvalue weighted by Gasteiger charge is 2.21. The third-order valence-electron chi connectivity index (χ3n) is 4.97. The Hall–Kier alpha value is -2.93. The van der Waals surface area contributed by atoms with Crippen LogP contribution in [0, 0.1) is 12.8 Å². The van der Waals surface area contributed by atoms with Gasteiger partial charge in [-0.3, -0.25) is 9.59 Å². The molecule has 0 aliphatic heterocycles. The summed E-state index contributed by atoms with van der Waals surface area (Å²) in [6, 6.07) is 8.55. The summed E-state index contributed by atoms with van der Waals surface area (Å²) in [4.78, 5) is 32.9. The van der Waals surface area contributed by atoms with Gasteiger partial charge in [-0.05, 0) is 38.3 Å². The highest BCUT2D eigenvalue weighted by atomic mass is 16.3. The third-order valence-corrected chi connectivity index (χ3v) is 4.97. The summed E-state index contributed by atoms with van der Waals surface area (Å²) in [5.74, 6) is -0.400. The lowest BCUT2D eigenvalue weighted by molar-refractivity contribution is -0.123. The fourth-order valence-electron chi connectivity index (χ4n) is 3.53. The van der Waals surface area contributed by atoms with Gasteiger partial charge >= 0.3 is 0 Å². The molecular weight excluding hydrogens is 368 g/mol. The van der Waals surface area contributed by atoms with Gasteiger partial charge in [0.25, 0.3) is 5.91 Å². The van der Waals surface area contributed by atoms with E-state index < -0.39 is 11.9 Å². The molecule has 3 rings (SSSR count). The predicted molar refractivity (Wildman–Crippen MR) is 114 cm³/mol. The molecule has 1 aromatic carbocycles. The molecule has 2 heterocycles. The Morgan fingerprint density at radius 1 is 1.14 bits per heavy atom. The standard InChI is InChI=1S/C22H28N4O3/c1-12(2)9-15(11-27)25-21(28)14(4)24-22(29)19-10-17-16-7-5-6-8-18(16)26-20(17)13(3)23-19/h5-8,10,12,14-15,26-27H,9,11H2,1-4H3,(H,24,29)(H,25,28)/t14-,15-/m0/s1. The molecule has 0 spiro atoms. The number of aryl methyl sites for hydroxylation is 1. The van der Waals surface area contributed by atoms with Gasteiger partial charge in [0.2, 0.25) is 5.91 Å². The Morgan fingerprint density at radius 2 is 1.86 bits per heavy atom. The van der Waals surface area contributed by atoms with Crippen molar-refractivity contribution in [3.63, 3.8) is 0 Å². The number of aromatic amines is 1. The van der Waals surface area contributed by atoms with Crippen molar-refractivity contribution in [2.24, 2.45) is 5.92 Å². The number of rotatable bonds is 7. The number of carbonyl (C=O) groups is 2. The molecule has 7 nitrogen and oxygen atoms in total. The first kappa shape index (κ1) is 20.8. The molecule has 0 saturated heterocycles. The first-order valence-corrected chi connectivity index (χ1v) is 9.90. The zero-order chi connectivity index (χ0) is 21.1. The Labute approximate surface area is 169 Å². The SMILES string of the molecule is Cc1nc(C(=O)N[C@@H](C)C(=O)N[C@H](CO)CC(C)C)cc2c1[nH]c1ccccc12. The largest absolute Gasteiger partial charge is 0.394 e. The Balaban J connectivity index is 1.77. The number of aliphatic hydroxyl groups is 1. The lowest BCUT2D eigenvalue weighted by Gasteiger charge is -2.21. The number of aliphatic hydroxyl groups excluding tert-OH is 1. The molecule has 0 unspecified atom stereocenters. The second-order valence-corrected chi connectivity index (χ2v) is 7.90. The number of H-pyrrole nitrogens is 1. The highest BCUT2D eigenvalue weighted by molar-refractivity contribution is 6.10. The number of carbonyl (C=O) groups excluding carboxylic acids is 2. The second-order valence-electron chi connectivity index (χ2n) is 7.90. The normalized spacial score (nSPS) is 13.6. The molecule has 0 aliphatic rings. The van der Waals surface area contributed by atoms with E-state index in [1.165, 1.54) is 0 Å². The molecule has 0 bridgehead atoms. The van der Waals surface area contributed by atoms with Crippen molar-refractivity contribution in [1.29, 1.82) is 0 Å². The van der Waals surface area contributed by atoms with Crippen molar-refractivity contribution < 1.29 is 14.7 Å². The van der Waals surface area contributed by atoms with Gasteiger partial charge < -0.3 is 20.7 Å². The van der Waals surface area contributed by atoms with Crippen LogP contribution in [0.1, 0.15) is 43.4 Å². The molecule has 154 valence electrons. The van der Waals surface area contributed by atoms with Gasteiger partial charge in [-0.15, -0.1) is 0 Å². The minimum atomic E-state index is -0.746. The number of para-hydroxylation sites is 1. The van der Waals surface area contributed by atoms with Crippen LogP contribution >= 0.6 is 0 Å². The molecule has 7 heteroatoms. The van der Waals surface area contributed by atoms with Crippen molar-refractivity contribution in [1.82, 2.24) is 20.6 Å². The number of hydrogen-bond acceptors (Lipinski definition) is 4. The van der Waals surface area contributed by atoms with Gasteiger partial charge in [-0.25, -0.2) is 4.98 Å². The van der Waals surface area contributed by atoms with Crippen LogP contribution in [-0.4, -0.2) is 45.6 Å². The van der Waals surface area contributed by atoms with E-state index in [9.17, 15) is 14.7 Å². The van der Waals surface area contributed by atoms with Gasteiger partial charge in [0.1, 0.15) is 11.7 Å². The minimum absolute atomic E-state index is 0.136. The predicted octanol–water partition coefficient (Wildman–Crippen LogP) is 2.67. The van der Waals surface area contributed by atoms with Crippen LogP contribution in [0.4, 0.5) is 0 Å². The molecule has 29 heavy (non-hydrogen) atoms. The highest BCUT2D eigenvalue weighted by Crippen LogP contribution is 2.27. The van der Waals surface area contributed by atoms with Crippen LogP contribution in [0.2, 0.25) is 0 Å². The summed E-state index contributed by atoms with van der Waals surface area (Å²) in [5, 5.41) is 16.9. The van der Waals surface area contributed by atoms with Gasteiger partial charge in [-0.2, -0.15) is 0 Å². The van der Waals surface area contributed by atoms with E-state index in [4.69, 9.17) is 0 Å². The topological polar surface area (TPSA) is 107 Å². The Morgan fingerprint density at radius 3 is 2.55 bits per heavy atom. The van der Waals surface area contributed by atoms with Crippen LogP contribution in [0.15, 0.2) is 30.3 Å². The summed E-state index contributed by atoms with van der Waals surface area (Å²) in [6.07, 6.45) is 0.668. The lowest BCUT2D eigenvalue weighted by atomic mass is 10.0. The average Bonchev–Trinajstić information content (AvgIpc) is 3.06. The zero-order valence-electron chi connectivity index (χ0n) is 17.2. The van der Waals surface area contributed by atoms with Crippen molar-refractivity contribution in [2.45, 2.75) is 46.2 Å². The number of nitrogens with one attached hydrogen (secondary N) is 3. The van der Waals surface area contributed by atoms with Gasteiger partial charge in [0.15, 0.2) is 0 Å². The van der Waals surface area contributed by atoms with E-state index in [1.54, 1.807) is 13.0 Å². The fourth-order valence-corrected chi connectivity index (χ4v) is 3.53. The van der Waals surface area contributed by atoms with Crippen molar-refractivity contribution >= 4 is 33.6 Å². The van der Waals surface area contributed by atoms with Crippen LogP contribution in [0.25, 0.3) is 21.8 Å². The van der Waals surface area contributed by atoms with Crippen LogP contribution < -0.4 is 10.6 Å². The fraction of sp³-hybridized carbons (Fsp3) is 0.409. The minimum Gasteiger partial charge on any atom is -0.394 e. The smallest absolute Gasteiger partial charge is 0.270 e. The number of hydrogen-bond donors (Lipinski definition) is 4. The number of amides is 2. The number of aromatic nitrogens is 2.